The lowest BCUT2D eigenvalue weighted by Crippen LogP contribution is -2.42. The van der Waals surface area contributed by atoms with Crippen molar-refractivity contribution in [2.45, 2.75) is 52.1 Å². The van der Waals surface area contributed by atoms with Crippen LogP contribution < -0.4 is 5.32 Å². The molecule has 1 aliphatic heterocycles. The summed E-state index contributed by atoms with van der Waals surface area (Å²) < 4.78 is 0. The second-order valence-corrected chi connectivity index (χ2v) is 5.65. The minimum absolute atomic E-state index is 0.678. The molecule has 0 bridgehead atoms. The first-order chi connectivity index (χ1) is 9.29. The highest BCUT2D eigenvalue weighted by Gasteiger charge is 2.18. The standard InChI is InChI=1S/C16H27N3/c1-3-4-9-19-10-6-16(7-11-19)18-13-15-12-17-8-5-14(15)2/h5,8,12,16,18H,3-4,6-7,9-11,13H2,1-2H3. The predicted octanol–water partition coefficient (Wildman–Crippen LogP) is 2.74. The molecule has 3 nitrogen and oxygen atoms in total. The summed E-state index contributed by atoms with van der Waals surface area (Å²) in [5.74, 6) is 0. The van der Waals surface area contributed by atoms with Gasteiger partial charge in [0.25, 0.3) is 0 Å². The van der Waals surface area contributed by atoms with Crippen molar-refractivity contribution in [1.29, 1.82) is 0 Å². The van der Waals surface area contributed by atoms with Crippen LogP contribution in [0.1, 0.15) is 43.7 Å². The molecule has 0 aromatic carbocycles. The van der Waals surface area contributed by atoms with Crippen molar-refractivity contribution in [3.05, 3.63) is 29.6 Å². The Morgan fingerprint density at radius 3 is 2.84 bits per heavy atom. The fourth-order valence-electron chi connectivity index (χ4n) is 2.68. The second kappa shape index (κ2) is 7.61. The predicted molar refractivity (Wildman–Crippen MR) is 80.2 cm³/mol. The Morgan fingerprint density at radius 2 is 2.16 bits per heavy atom. The maximum Gasteiger partial charge on any atom is 0.0315 e. The average molecular weight is 261 g/mol. The Hall–Kier alpha value is -0.930. The Kier molecular flexibility index (Phi) is 5.80. The molecule has 1 aromatic rings. The molecule has 0 spiro atoms. The first-order valence-electron chi connectivity index (χ1n) is 7.65. The Balaban J connectivity index is 1.70. The number of aromatic nitrogens is 1. The van der Waals surface area contributed by atoms with Crippen LogP contribution in [-0.2, 0) is 6.54 Å². The number of piperidine rings is 1. The smallest absolute Gasteiger partial charge is 0.0315 e. The molecule has 0 aliphatic carbocycles. The molecule has 0 unspecified atom stereocenters. The van der Waals surface area contributed by atoms with Gasteiger partial charge in [0.1, 0.15) is 0 Å². The SMILES string of the molecule is CCCCN1CCC(NCc2cnccc2C)CC1. The van der Waals surface area contributed by atoms with E-state index in [1.54, 1.807) is 0 Å². The minimum atomic E-state index is 0.678. The van der Waals surface area contributed by atoms with E-state index in [4.69, 9.17) is 0 Å². The molecule has 106 valence electrons. The zero-order valence-electron chi connectivity index (χ0n) is 12.4. The van der Waals surface area contributed by atoms with Crippen molar-refractivity contribution in [1.82, 2.24) is 15.2 Å². The van der Waals surface area contributed by atoms with E-state index in [0.717, 1.165) is 6.54 Å². The summed E-state index contributed by atoms with van der Waals surface area (Å²) in [6.45, 7) is 9.17. The van der Waals surface area contributed by atoms with E-state index in [-0.39, 0.29) is 0 Å². The highest BCUT2D eigenvalue weighted by atomic mass is 15.1. The van der Waals surface area contributed by atoms with Crippen LogP contribution in [0.5, 0.6) is 0 Å². The number of nitrogens with one attached hydrogen (secondary N) is 1. The Bertz CT molecular complexity index is 370. The molecular formula is C16H27N3. The fourth-order valence-corrected chi connectivity index (χ4v) is 2.68. The van der Waals surface area contributed by atoms with Crippen molar-refractivity contribution in [3.63, 3.8) is 0 Å². The van der Waals surface area contributed by atoms with E-state index in [1.165, 1.54) is 56.4 Å². The zero-order valence-corrected chi connectivity index (χ0v) is 12.4. The van der Waals surface area contributed by atoms with Crippen LogP contribution in [0.3, 0.4) is 0 Å². The number of hydrogen-bond acceptors (Lipinski definition) is 3. The number of likely N-dealkylation sites (tertiary alicyclic amines) is 1. The van der Waals surface area contributed by atoms with E-state index in [1.807, 2.05) is 12.4 Å². The molecule has 1 aliphatic rings. The summed E-state index contributed by atoms with van der Waals surface area (Å²) in [6.07, 6.45) is 9.06. The molecule has 1 fully saturated rings. The molecule has 0 atom stereocenters. The van der Waals surface area contributed by atoms with Crippen LogP contribution in [0.4, 0.5) is 0 Å². The second-order valence-electron chi connectivity index (χ2n) is 5.65. The fraction of sp³-hybridized carbons (Fsp3) is 0.688. The van der Waals surface area contributed by atoms with Gasteiger partial charge in [-0.25, -0.2) is 0 Å². The highest BCUT2D eigenvalue weighted by Crippen LogP contribution is 2.12. The molecule has 2 rings (SSSR count). The van der Waals surface area contributed by atoms with Gasteiger partial charge in [0, 0.05) is 25.0 Å². The van der Waals surface area contributed by atoms with E-state index < -0.39 is 0 Å². The van der Waals surface area contributed by atoms with Crippen molar-refractivity contribution in [2.24, 2.45) is 0 Å². The third-order valence-electron chi connectivity index (χ3n) is 4.14. The lowest BCUT2D eigenvalue weighted by Gasteiger charge is -2.32. The van der Waals surface area contributed by atoms with Gasteiger partial charge in [-0.15, -0.1) is 0 Å². The quantitative estimate of drug-likeness (QED) is 0.853. The Morgan fingerprint density at radius 1 is 1.37 bits per heavy atom. The third kappa shape index (κ3) is 4.59. The van der Waals surface area contributed by atoms with Gasteiger partial charge in [0.15, 0.2) is 0 Å². The molecule has 0 saturated carbocycles. The lowest BCUT2D eigenvalue weighted by atomic mass is 10.0. The van der Waals surface area contributed by atoms with Gasteiger partial charge in [-0.3, -0.25) is 4.98 Å². The van der Waals surface area contributed by atoms with Crippen molar-refractivity contribution < 1.29 is 0 Å². The third-order valence-corrected chi connectivity index (χ3v) is 4.14. The van der Waals surface area contributed by atoms with Gasteiger partial charge in [0.2, 0.25) is 0 Å². The number of unbranched alkanes of at least 4 members (excludes halogenated alkanes) is 1. The van der Waals surface area contributed by atoms with Crippen molar-refractivity contribution in [3.8, 4) is 0 Å². The van der Waals surface area contributed by atoms with E-state index in [9.17, 15) is 0 Å². The summed E-state index contributed by atoms with van der Waals surface area (Å²) in [7, 11) is 0. The molecule has 0 amide bonds. The molecule has 1 N–H and O–H groups in total. The largest absolute Gasteiger partial charge is 0.310 e. The van der Waals surface area contributed by atoms with E-state index >= 15 is 0 Å². The number of rotatable bonds is 6. The number of nitrogens with zero attached hydrogens (tertiary/aromatic N) is 2. The molecule has 1 aromatic heterocycles. The maximum atomic E-state index is 4.21. The van der Waals surface area contributed by atoms with Crippen LogP contribution in [-0.4, -0.2) is 35.6 Å². The molecule has 3 heteroatoms. The molecule has 19 heavy (non-hydrogen) atoms. The van der Waals surface area contributed by atoms with Gasteiger partial charge in [-0.05, 0) is 63.0 Å². The molecular weight excluding hydrogens is 234 g/mol. The first-order valence-corrected chi connectivity index (χ1v) is 7.65. The summed E-state index contributed by atoms with van der Waals surface area (Å²) in [4.78, 5) is 6.81. The van der Waals surface area contributed by atoms with Crippen LogP contribution in [0.15, 0.2) is 18.5 Å². The monoisotopic (exact) mass is 261 g/mol. The first kappa shape index (κ1) is 14.5. The summed E-state index contributed by atoms with van der Waals surface area (Å²) >= 11 is 0. The summed E-state index contributed by atoms with van der Waals surface area (Å²) in [5, 5.41) is 3.69. The summed E-state index contributed by atoms with van der Waals surface area (Å²) in [5.41, 5.74) is 2.67. The molecule has 1 saturated heterocycles. The normalized spacial score (nSPS) is 17.8. The number of hydrogen-bond donors (Lipinski definition) is 1. The zero-order chi connectivity index (χ0) is 13.5. The Labute approximate surface area is 117 Å². The van der Waals surface area contributed by atoms with Gasteiger partial charge < -0.3 is 10.2 Å². The van der Waals surface area contributed by atoms with Crippen LogP contribution >= 0.6 is 0 Å². The van der Waals surface area contributed by atoms with Crippen molar-refractivity contribution >= 4 is 0 Å². The van der Waals surface area contributed by atoms with Gasteiger partial charge in [-0.2, -0.15) is 0 Å². The molecule has 0 radical (unpaired) electrons. The minimum Gasteiger partial charge on any atom is -0.310 e. The van der Waals surface area contributed by atoms with Gasteiger partial charge >= 0.3 is 0 Å². The summed E-state index contributed by atoms with van der Waals surface area (Å²) in [6, 6.07) is 2.77. The maximum absolute atomic E-state index is 4.21. The van der Waals surface area contributed by atoms with E-state index in [2.05, 4.69) is 35.1 Å². The highest BCUT2D eigenvalue weighted by molar-refractivity contribution is 5.21. The van der Waals surface area contributed by atoms with Crippen molar-refractivity contribution in [2.75, 3.05) is 19.6 Å². The number of aryl methyl sites for hydroxylation is 1. The van der Waals surface area contributed by atoms with E-state index in [0.29, 0.717) is 6.04 Å². The number of pyridine rings is 1. The molecule has 2 heterocycles. The van der Waals surface area contributed by atoms with Gasteiger partial charge in [-0.1, -0.05) is 13.3 Å². The topological polar surface area (TPSA) is 28.2 Å². The van der Waals surface area contributed by atoms with Gasteiger partial charge in [0.05, 0.1) is 0 Å². The van der Waals surface area contributed by atoms with Crippen LogP contribution in [0, 0.1) is 6.92 Å². The lowest BCUT2D eigenvalue weighted by molar-refractivity contribution is 0.195. The van der Waals surface area contributed by atoms with Crippen LogP contribution in [0.25, 0.3) is 0 Å². The van der Waals surface area contributed by atoms with Crippen LogP contribution in [0.2, 0.25) is 0 Å². The average Bonchev–Trinajstić information content (AvgIpc) is 2.45.